The summed E-state index contributed by atoms with van der Waals surface area (Å²) in [5, 5.41) is 28.8. The van der Waals surface area contributed by atoms with Crippen LogP contribution in [0, 0.1) is 0 Å². The molecule has 6 nitrogen and oxygen atoms in total. The van der Waals surface area contributed by atoms with E-state index in [1.807, 2.05) is 54.6 Å². The van der Waals surface area contributed by atoms with Gasteiger partial charge in [0.1, 0.15) is 0 Å². The molecule has 52 heavy (non-hydrogen) atoms. The third kappa shape index (κ3) is 26.3. The van der Waals surface area contributed by atoms with Gasteiger partial charge in [-0.1, -0.05) is 237 Å². The van der Waals surface area contributed by atoms with Gasteiger partial charge in [-0.15, -0.1) is 49.6 Å². The van der Waals surface area contributed by atoms with E-state index in [2.05, 4.69) is 161 Å². The first-order valence-electron chi connectivity index (χ1n) is 18.5. The third-order valence-corrected chi connectivity index (χ3v) is 6.35. The molecule has 3 rings (SSSR count). The minimum atomic E-state index is -0.0741. The van der Waals surface area contributed by atoms with Gasteiger partial charge >= 0.3 is 26.2 Å². The molecule has 0 saturated heterocycles. The fourth-order valence-electron chi connectivity index (χ4n) is 4.61. The van der Waals surface area contributed by atoms with Gasteiger partial charge in [0.15, 0.2) is 0 Å². The van der Waals surface area contributed by atoms with Crippen molar-refractivity contribution in [3.05, 3.63) is 122 Å². The molecule has 0 radical (unpaired) electrons. The number of nitrogens with zero attached hydrogens (tertiary/aromatic N) is 6. The second kappa shape index (κ2) is 21.6. The molecule has 0 unspecified atom stereocenters. The maximum Gasteiger partial charge on any atom is 4.00 e. The van der Waals surface area contributed by atoms with E-state index in [0.717, 1.165) is 16.4 Å². The zero-order chi connectivity index (χ0) is 39.3. The maximum atomic E-state index is 4.80. The molecular weight excluding hydrogens is 712 g/mol. The quantitative estimate of drug-likeness (QED) is 0.194. The Labute approximate surface area is 341 Å². The van der Waals surface area contributed by atoms with Crippen LogP contribution in [0.15, 0.2) is 91.0 Å². The summed E-state index contributed by atoms with van der Waals surface area (Å²) < 4.78 is 0. The smallest absolute Gasteiger partial charge is 0.695 e. The van der Waals surface area contributed by atoms with E-state index in [4.69, 9.17) is 31.4 Å². The van der Waals surface area contributed by atoms with Crippen LogP contribution < -0.4 is 16.4 Å². The van der Waals surface area contributed by atoms with Crippen LogP contribution in [0.2, 0.25) is 0 Å². The standard InChI is InChI=1S/3C14H23BN2.Zr/c3*1-13(2,3)16-15(17-14(4,5)6)12-10-8-7-9-11-12;/h3*7-11H,1-6H3;/q3*-2;+4. The molecule has 0 aliphatic heterocycles. The second-order valence-electron chi connectivity index (χ2n) is 19.2. The molecule has 0 fully saturated rings. The van der Waals surface area contributed by atoms with Crippen LogP contribution in [0.1, 0.15) is 125 Å². The molecule has 10 heteroatoms. The number of hydrogen-bond donors (Lipinski definition) is 0. The van der Waals surface area contributed by atoms with Gasteiger partial charge in [0, 0.05) is 0 Å². The van der Waals surface area contributed by atoms with E-state index < -0.39 is 0 Å². The van der Waals surface area contributed by atoms with Gasteiger partial charge < -0.3 is 31.4 Å². The summed E-state index contributed by atoms with van der Waals surface area (Å²) in [6, 6.07) is 30.9. The minimum Gasteiger partial charge on any atom is -0.695 e. The second-order valence-corrected chi connectivity index (χ2v) is 19.2. The summed E-state index contributed by atoms with van der Waals surface area (Å²) in [5.41, 5.74) is 3.05. The van der Waals surface area contributed by atoms with Crippen molar-refractivity contribution >= 4 is 37.3 Å². The van der Waals surface area contributed by atoms with Gasteiger partial charge in [-0.25, -0.2) is 0 Å². The van der Waals surface area contributed by atoms with Crippen molar-refractivity contribution in [3.8, 4) is 0 Å². The van der Waals surface area contributed by atoms with Gasteiger partial charge in [-0.3, -0.25) is 0 Å². The first-order chi connectivity index (χ1) is 23.0. The van der Waals surface area contributed by atoms with Crippen molar-refractivity contribution in [1.82, 2.24) is 0 Å². The van der Waals surface area contributed by atoms with Crippen LogP contribution in [0.3, 0.4) is 0 Å². The molecule has 0 aliphatic rings. The maximum absolute atomic E-state index is 4.80. The Balaban J connectivity index is 0.000000743. The van der Waals surface area contributed by atoms with Crippen molar-refractivity contribution in [2.24, 2.45) is 0 Å². The number of benzene rings is 3. The Bertz CT molecular complexity index is 1140. The van der Waals surface area contributed by atoms with Crippen LogP contribution in [-0.2, 0) is 26.2 Å². The summed E-state index contributed by atoms with van der Waals surface area (Å²) in [6.45, 7) is 37.8. The molecule has 282 valence electrons. The molecule has 3 aromatic carbocycles. The minimum absolute atomic E-state index is 0. The normalized spacial score (nSPS) is 12.3. The molecule has 0 atom stereocenters. The first-order valence-corrected chi connectivity index (χ1v) is 18.5. The largest absolute Gasteiger partial charge is 4.00 e. The molecule has 0 saturated carbocycles. The van der Waals surface area contributed by atoms with Crippen LogP contribution in [0.4, 0.5) is 0 Å². The van der Waals surface area contributed by atoms with Gasteiger partial charge in [0.2, 0.25) is 0 Å². The monoisotopic (exact) mass is 780 g/mol. The zero-order valence-corrected chi connectivity index (χ0v) is 38.5. The molecular formula is C42H69B3N6Zr-2. The molecule has 0 bridgehead atoms. The summed E-state index contributed by atoms with van der Waals surface area (Å²) in [4.78, 5) is 0. The average molecular weight is 782 g/mol. The summed E-state index contributed by atoms with van der Waals surface area (Å²) >= 11 is 0. The van der Waals surface area contributed by atoms with Crippen molar-refractivity contribution < 1.29 is 26.2 Å². The Morgan fingerprint density at radius 3 is 0.519 bits per heavy atom. The molecule has 0 amide bonds. The van der Waals surface area contributed by atoms with E-state index >= 15 is 0 Å². The number of rotatable bonds is 9. The molecule has 0 heterocycles. The first kappa shape index (κ1) is 50.5. The van der Waals surface area contributed by atoms with E-state index in [9.17, 15) is 0 Å². The SMILES string of the molecule is CC(C)(C)[N-]B([N-]C(C)(C)C)c1ccccc1.CC(C)(C)[N-]B([N-]C(C)(C)C)c1ccccc1.CC(C)(C)[N-]B([N-]C(C)(C)C)c1ccccc1.[Zr+4]. The van der Waals surface area contributed by atoms with Crippen molar-refractivity contribution in [1.29, 1.82) is 0 Å². The summed E-state index contributed by atoms with van der Waals surface area (Å²) in [6.07, 6.45) is 0. The Morgan fingerprint density at radius 1 is 0.269 bits per heavy atom. The van der Waals surface area contributed by atoms with E-state index in [1.54, 1.807) is 0 Å². The van der Waals surface area contributed by atoms with Crippen molar-refractivity contribution in [3.63, 3.8) is 0 Å². The molecule has 0 N–H and O–H groups in total. The molecule has 0 spiro atoms. The van der Waals surface area contributed by atoms with Crippen LogP contribution in [0.25, 0.3) is 31.4 Å². The molecule has 3 aromatic rings. The van der Waals surface area contributed by atoms with Crippen LogP contribution in [-0.4, -0.2) is 54.2 Å². The predicted octanol–water partition coefficient (Wildman–Crippen LogP) is 11.2. The average Bonchev–Trinajstić information content (AvgIpc) is 2.94. The van der Waals surface area contributed by atoms with Crippen molar-refractivity contribution in [2.75, 3.05) is 0 Å². The zero-order valence-electron chi connectivity index (χ0n) is 36.1. The Kier molecular flexibility index (Phi) is 20.9. The van der Waals surface area contributed by atoms with Crippen molar-refractivity contribution in [2.45, 2.75) is 158 Å². The van der Waals surface area contributed by atoms with E-state index in [-0.39, 0.29) is 80.4 Å². The van der Waals surface area contributed by atoms with Gasteiger partial charge in [-0.05, 0) is 0 Å². The van der Waals surface area contributed by atoms with Gasteiger partial charge in [0.05, 0.1) is 0 Å². The topological polar surface area (TPSA) is 84.6 Å². The fraction of sp³-hybridized carbons (Fsp3) is 0.571. The van der Waals surface area contributed by atoms with Gasteiger partial charge in [-0.2, -0.15) is 0 Å². The van der Waals surface area contributed by atoms with E-state index in [1.165, 1.54) is 0 Å². The summed E-state index contributed by atoms with van der Waals surface area (Å²) in [5.74, 6) is 0. The molecule has 0 aliphatic carbocycles. The third-order valence-electron chi connectivity index (χ3n) is 6.35. The Morgan fingerprint density at radius 2 is 0.404 bits per heavy atom. The summed E-state index contributed by atoms with van der Waals surface area (Å²) in [7, 11) is 0. The molecule has 0 aromatic heterocycles. The van der Waals surface area contributed by atoms with E-state index in [0.29, 0.717) is 0 Å². The fourth-order valence-corrected chi connectivity index (χ4v) is 4.61. The number of hydrogen-bond acceptors (Lipinski definition) is 0. The van der Waals surface area contributed by atoms with Crippen LogP contribution in [0.5, 0.6) is 0 Å². The van der Waals surface area contributed by atoms with Crippen LogP contribution >= 0.6 is 0 Å². The van der Waals surface area contributed by atoms with Gasteiger partial charge in [0.25, 0.3) is 0 Å². The predicted molar refractivity (Wildman–Crippen MR) is 234 cm³/mol. The Hall–Kier alpha value is -1.50.